The summed E-state index contributed by atoms with van der Waals surface area (Å²) >= 11 is 0. The number of aromatic nitrogens is 2. The Morgan fingerprint density at radius 1 is 1.10 bits per heavy atom. The molecule has 4 heterocycles. The smallest absolute Gasteiger partial charge is 0.421 e. The summed E-state index contributed by atoms with van der Waals surface area (Å²) in [5.74, 6) is 0.999. The van der Waals surface area contributed by atoms with Gasteiger partial charge in [0, 0.05) is 56.6 Å². The summed E-state index contributed by atoms with van der Waals surface area (Å²) in [4.78, 5) is 13.0. The minimum Gasteiger partial charge on any atom is -0.494 e. The number of halogens is 3. The van der Waals surface area contributed by atoms with E-state index in [2.05, 4.69) is 36.5 Å². The average molecular weight is 686 g/mol. The molecule has 15 heteroatoms. The van der Waals surface area contributed by atoms with E-state index in [1.165, 1.54) is 26.5 Å². The number of likely N-dealkylation sites (tertiary alicyclic amines) is 1. The van der Waals surface area contributed by atoms with Gasteiger partial charge in [-0.25, -0.2) is 4.98 Å². The van der Waals surface area contributed by atoms with Crippen LogP contribution in [0.2, 0.25) is 0 Å². The lowest BCUT2D eigenvalue weighted by atomic mass is 9.91. The highest BCUT2D eigenvalue weighted by Crippen LogP contribution is 2.47. The number of nitriles is 1. The predicted octanol–water partition coefficient (Wildman–Crippen LogP) is 6.13. The number of fused-ring (bicyclic) bond motifs is 1. The normalized spacial score (nSPS) is 17.4. The minimum atomic E-state index is -4.77. The molecule has 1 aromatic heterocycles. The third kappa shape index (κ3) is 6.98. The van der Waals surface area contributed by atoms with Crippen molar-refractivity contribution in [2.45, 2.75) is 38.4 Å². The van der Waals surface area contributed by atoms with Crippen molar-refractivity contribution < 1.29 is 31.9 Å². The number of aryl methyl sites for hydroxylation is 1. The molecule has 3 aliphatic heterocycles. The van der Waals surface area contributed by atoms with Crippen LogP contribution in [-0.2, 0) is 10.7 Å². The lowest BCUT2D eigenvalue weighted by molar-refractivity contribution is -0.137. The fraction of sp³-hybridized carbons (Fsp3) is 0.485. The lowest BCUT2D eigenvalue weighted by Crippen LogP contribution is -2.55. The number of rotatable bonds is 9. The van der Waals surface area contributed by atoms with Gasteiger partial charge >= 0.3 is 6.18 Å². The monoisotopic (exact) mass is 685 g/mol. The molecule has 0 atom stereocenters. The van der Waals surface area contributed by atoms with Gasteiger partial charge in [-0.15, -0.1) is 0 Å². The maximum atomic E-state index is 14.2. The molecule has 0 unspecified atom stereocenters. The van der Waals surface area contributed by atoms with E-state index in [4.69, 9.17) is 19.5 Å². The van der Waals surface area contributed by atoms with Crippen molar-refractivity contribution in [3.05, 3.63) is 41.6 Å². The summed E-state index contributed by atoms with van der Waals surface area (Å²) in [7, 11) is -1.53. The molecule has 0 aliphatic carbocycles. The molecular weight excluding hydrogens is 646 g/mol. The Morgan fingerprint density at radius 3 is 2.50 bits per heavy atom. The maximum absolute atomic E-state index is 14.2. The Balaban J connectivity index is 1.24. The van der Waals surface area contributed by atoms with Crippen molar-refractivity contribution in [3.8, 4) is 23.3 Å². The number of hydrogen-bond acceptors (Lipinski definition) is 11. The van der Waals surface area contributed by atoms with E-state index >= 15 is 0 Å². The zero-order valence-corrected chi connectivity index (χ0v) is 28.3. The quantitative estimate of drug-likeness (QED) is 0.253. The van der Waals surface area contributed by atoms with Crippen LogP contribution in [0.4, 0.5) is 42.0 Å². The molecule has 3 aromatic rings. The standard InChI is InChI=1S/C33H39F3N7O4P/c1-20-15-25(28(45-2)16-26(20)42-11-8-22(9-12-42)43-18-21(19-43)7-10-37)40-32-38-17-23(33(34,35)36)31(41-32)39-24-5-6-27-29(47-14-13-46-27)30(24)48(3,4)44/h5-6,15-17,21-22H,7-9,11-14,18-19H2,1-4H3,(H2,38,39,40,41). The molecule has 2 saturated heterocycles. The molecule has 0 bridgehead atoms. The minimum absolute atomic E-state index is 0.0868. The van der Waals surface area contributed by atoms with Crippen LogP contribution in [0.25, 0.3) is 0 Å². The Labute approximate surface area is 277 Å². The zero-order chi connectivity index (χ0) is 34.2. The van der Waals surface area contributed by atoms with E-state index in [-0.39, 0.29) is 29.3 Å². The van der Waals surface area contributed by atoms with E-state index in [9.17, 15) is 17.7 Å². The SMILES string of the molecule is COc1cc(N2CCC(N3CC(CC#N)C3)CC2)c(C)cc1Nc1ncc(C(F)(F)F)c(Nc2ccc3c(c2P(C)(C)=O)OCCO3)n1. The molecule has 0 saturated carbocycles. The van der Waals surface area contributed by atoms with Gasteiger partial charge in [0.25, 0.3) is 0 Å². The van der Waals surface area contributed by atoms with Gasteiger partial charge in [-0.2, -0.15) is 23.4 Å². The number of hydrogen-bond donors (Lipinski definition) is 2. The summed E-state index contributed by atoms with van der Waals surface area (Å²) in [6.07, 6.45) is -1.40. The van der Waals surface area contributed by atoms with Crippen molar-refractivity contribution in [3.63, 3.8) is 0 Å². The number of piperidine rings is 1. The molecule has 0 spiro atoms. The van der Waals surface area contributed by atoms with Crippen LogP contribution >= 0.6 is 7.14 Å². The Morgan fingerprint density at radius 2 is 1.83 bits per heavy atom. The fourth-order valence-corrected chi connectivity index (χ4v) is 8.03. The first-order chi connectivity index (χ1) is 22.9. The summed E-state index contributed by atoms with van der Waals surface area (Å²) in [5.41, 5.74) is 1.56. The van der Waals surface area contributed by atoms with Crippen molar-refractivity contribution in [2.24, 2.45) is 5.92 Å². The van der Waals surface area contributed by atoms with Gasteiger partial charge in [0.1, 0.15) is 37.5 Å². The Hall–Kier alpha value is -4.21. The van der Waals surface area contributed by atoms with Gasteiger partial charge in [-0.05, 0) is 62.8 Å². The summed E-state index contributed by atoms with van der Waals surface area (Å²) in [6.45, 7) is 9.28. The van der Waals surface area contributed by atoms with Crippen molar-refractivity contribution in [1.82, 2.24) is 14.9 Å². The van der Waals surface area contributed by atoms with Crippen molar-refractivity contribution in [2.75, 3.05) is 75.4 Å². The second kappa shape index (κ2) is 13.4. The molecule has 11 nitrogen and oxygen atoms in total. The number of nitrogens with one attached hydrogen (secondary N) is 2. The molecule has 256 valence electrons. The number of alkyl halides is 3. The Kier molecular flexibility index (Phi) is 9.37. The number of anilines is 5. The largest absolute Gasteiger partial charge is 0.494 e. The molecule has 0 radical (unpaired) electrons. The number of methoxy groups -OCH3 is 1. The van der Waals surface area contributed by atoms with Crippen LogP contribution in [0.5, 0.6) is 17.2 Å². The lowest BCUT2D eigenvalue weighted by Gasteiger charge is -2.47. The summed E-state index contributed by atoms with van der Waals surface area (Å²) < 4.78 is 73.0. The molecular formula is C33H39F3N7O4P. The molecule has 6 rings (SSSR count). The highest BCUT2D eigenvalue weighted by atomic mass is 31.2. The van der Waals surface area contributed by atoms with Crippen LogP contribution in [0.15, 0.2) is 30.5 Å². The van der Waals surface area contributed by atoms with Gasteiger partial charge < -0.3 is 34.3 Å². The van der Waals surface area contributed by atoms with E-state index in [0.29, 0.717) is 48.4 Å². The first-order valence-corrected chi connectivity index (χ1v) is 18.5. The predicted molar refractivity (Wildman–Crippen MR) is 178 cm³/mol. The molecule has 2 fully saturated rings. The summed E-state index contributed by atoms with van der Waals surface area (Å²) in [6, 6.07) is 9.67. The van der Waals surface area contributed by atoms with Gasteiger partial charge in [-0.1, -0.05) is 0 Å². The van der Waals surface area contributed by atoms with Crippen LogP contribution in [-0.4, -0.2) is 80.7 Å². The summed E-state index contributed by atoms with van der Waals surface area (Å²) in [5, 5.41) is 15.0. The fourth-order valence-electron chi connectivity index (χ4n) is 6.65. The molecule has 0 amide bonds. The zero-order valence-electron chi connectivity index (χ0n) is 27.4. The van der Waals surface area contributed by atoms with E-state index in [1.54, 1.807) is 6.07 Å². The third-order valence-electron chi connectivity index (χ3n) is 9.02. The van der Waals surface area contributed by atoms with Gasteiger partial charge in [0.2, 0.25) is 5.95 Å². The van der Waals surface area contributed by atoms with Crippen molar-refractivity contribution in [1.29, 1.82) is 5.26 Å². The van der Waals surface area contributed by atoms with Crippen LogP contribution in [0, 0.1) is 24.2 Å². The van der Waals surface area contributed by atoms with Gasteiger partial charge in [-0.3, -0.25) is 4.90 Å². The maximum Gasteiger partial charge on any atom is 0.421 e. The second-order valence-electron chi connectivity index (χ2n) is 12.8. The first kappa shape index (κ1) is 33.7. The highest BCUT2D eigenvalue weighted by Gasteiger charge is 2.37. The Bertz CT molecular complexity index is 1760. The number of benzene rings is 2. The number of ether oxygens (including phenoxy) is 3. The molecule has 48 heavy (non-hydrogen) atoms. The topological polar surface area (TPSA) is 125 Å². The van der Waals surface area contributed by atoms with E-state index in [1.807, 2.05) is 19.1 Å². The highest BCUT2D eigenvalue weighted by molar-refractivity contribution is 7.70. The van der Waals surface area contributed by atoms with Gasteiger partial charge in [0.15, 0.2) is 11.5 Å². The van der Waals surface area contributed by atoms with Crippen molar-refractivity contribution >= 4 is 41.3 Å². The van der Waals surface area contributed by atoms with E-state index < -0.39 is 24.7 Å². The number of nitrogens with zero attached hydrogens (tertiary/aromatic N) is 5. The molecule has 3 aliphatic rings. The van der Waals surface area contributed by atoms with Gasteiger partial charge in [0.05, 0.1) is 29.9 Å². The van der Waals surface area contributed by atoms with Crippen LogP contribution in [0.1, 0.15) is 30.4 Å². The molecule has 2 aromatic carbocycles. The van der Waals surface area contributed by atoms with Crippen LogP contribution in [0.3, 0.4) is 0 Å². The molecule has 2 N–H and O–H groups in total. The second-order valence-corrected chi connectivity index (χ2v) is 15.9. The average Bonchev–Trinajstić information content (AvgIpc) is 3.02. The van der Waals surface area contributed by atoms with E-state index in [0.717, 1.165) is 50.3 Å². The third-order valence-corrected chi connectivity index (χ3v) is 10.5. The first-order valence-electron chi connectivity index (χ1n) is 15.9. The van der Waals surface area contributed by atoms with Crippen LogP contribution < -0.4 is 35.0 Å².